The van der Waals surface area contributed by atoms with Gasteiger partial charge in [-0.1, -0.05) is 66.4 Å². The zero-order chi connectivity index (χ0) is 43.0. The molecular formula is C46H60F2N6O5Si. The van der Waals surface area contributed by atoms with Crippen molar-refractivity contribution in [3.05, 3.63) is 47.7 Å². The molecule has 0 bridgehead atoms. The number of nitrogens with one attached hydrogen (secondary N) is 1. The first kappa shape index (κ1) is 43.5. The standard InChI is InChI=1S/C46H60F2N6O5Si/c1-29(2)60(30(3)4,31(5)6)22-15-34-37(47)14-13-32-23-33(59-28-57-8)24-35(38(32)34)40-39(48)41-36(25-49-40)42(50-26-45(16-9-10-17-45)53(7)44(55)56)52-43(51-41)58-27-46-18-11-20-54(46)21-12-19-46/h13-14,23-25,29-31H,9-12,16-21,26-28H2,1-8H3,(H,55,56)(H,50,51,52). The topological polar surface area (TPSA) is 122 Å². The molecule has 1 aliphatic carbocycles. The average Bonchev–Trinajstić information content (AvgIpc) is 3.96. The van der Waals surface area contributed by atoms with E-state index >= 15 is 8.78 Å². The second-order valence-electron chi connectivity index (χ2n) is 18.1. The molecule has 2 aromatic heterocycles. The van der Waals surface area contributed by atoms with E-state index in [1.54, 1.807) is 25.2 Å². The van der Waals surface area contributed by atoms with Crippen molar-refractivity contribution in [1.29, 1.82) is 0 Å². The molecular weight excluding hydrogens is 783 g/mol. The number of nitrogens with zero attached hydrogens (tertiary/aromatic N) is 5. The third-order valence-corrected chi connectivity index (χ3v) is 20.3. The van der Waals surface area contributed by atoms with Crippen LogP contribution in [0.3, 0.4) is 0 Å². The summed E-state index contributed by atoms with van der Waals surface area (Å²) in [6.45, 7) is 15.8. The third kappa shape index (κ3) is 7.89. The summed E-state index contributed by atoms with van der Waals surface area (Å²) < 4.78 is 51.5. The Bertz CT molecular complexity index is 2270. The number of likely N-dealkylation sites (N-methyl/N-ethyl adjacent to an activating group) is 1. The predicted octanol–water partition coefficient (Wildman–Crippen LogP) is 10.0. The minimum absolute atomic E-state index is 0.0122. The van der Waals surface area contributed by atoms with Crippen LogP contribution in [0.2, 0.25) is 16.6 Å². The molecule has 1 saturated carbocycles. The highest BCUT2D eigenvalue weighted by Crippen LogP contribution is 2.44. The molecule has 0 spiro atoms. The summed E-state index contributed by atoms with van der Waals surface area (Å²) in [5.41, 5.74) is 4.20. The van der Waals surface area contributed by atoms with Crippen molar-refractivity contribution in [2.24, 2.45) is 0 Å². The molecule has 0 unspecified atom stereocenters. The van der Waals surface area contributed by atoms with Crippen LogP contribution < -0.4 is 14.8 Å². The summed E-state index contributed by atoms with van der Waals surface area (Å²) in [6.07, 6.45) is 7.81. The van der Waals surface area contributed by atoms with Gasteiger partial charge in [0.05, 0.1) is 22.0 Å². The Morgan fingerprint density at radius 3 is 2.30 bits per heavy atom. The number of methoxy groups -OCH3 is 1. The summed E-state index contributed by atoms with van der Waals surface area (Å²) in [7, 11) is 0.803. The van der Waals surface area contributed by atoms with Crippen LogP contribution >= 0.6 is 0 Å². The number of hydrogen-bond acceptors (Lipinski definition) is 9. The van der Waals surface area contributed by atoms with E-state index in [1.807, 2.05) is 0 Å². The molecule has 7 rings (SSSR count). The molecule has 0 atom stereocenters. The third-order valence-electron chi connectivity index (χ3n) is 14.0. The highest BCUT2D eigenvalue weighted by Gasteiger charge is 2.46. The highest BCUT2D eigenvalue weighted by atomic mass is 28.3. The van der Waals surface area contributed by atoms with Gasteiger partial charge in [0, 0.05) is 37.8 Å². The number of carbonyl (C=O) groups is 1. The van der Waals surface area contributed by atoms with Gasteiger partial charge in [0.2, 0.25) is 0 Å². The first-order chi connectivity index (χ1) is 28.7. The molecule has 2 saturated heterocycles. The van der Waals surface area contributed by atoms with Crippen LogP contribution in [0, 0.1) is 23.1 Å². The molecule has 3 aliphatic rings. The van der Waals surface area contributed by atoms with Gasteiger partial charge in [-0.15, -0.1) is 5.54 Å². The largest absolute Gasteiger partial charge is 0.468 e. The van der Waals surface area contributed by atoms with Gasteiger partial charge < -0.3 is 29.5 Å². The Labute approximate surface area is 353 Å². The van der Waals surface area contributed by atoms with Crippen LogP contribution in [-0.4, -0.2) is 102 Å². The minimum Gasteiger partial charge on any atom is -0.468 e. The Morgan fingerprint density at radius 1 is 0.983 bits per heavy atom. The summed E-state index contributed by atoms with van der Waals surface area (Å²) in [4.78, 5) is 30.3. The second kappa shape index (κ2) is 17.4. The number of rotatable bonds is 14. The normalized spacial score (nSPS) is 17.4. The van der Waals surface area contributed by atoms with E-state index < -0.39 is 31.3 Å². The van der Waals surface area contributed by atoms with Crippen LogP contribution in [0.25, 0.3) is 32.9 Å². The lowest BCUT2D eigenvalue weighted by Crippen LogP contribution is -2.51. The Balaban J connectivity index is 1.41. The molecule has 2 aliphatic heterocycles. The lowest BCUT2D eigenvalue weighted by Gasteiger charge is -2.38. The van der Waals surface area contributed by atoms with Gasteiger partial charge in [-0.3, -0.25) is 9.88 Å². The lowest BCUT2D eigenvalue weighted by atomic mass is 9.95. The summed E-state index contributed by atoms with van der Waals surface area (Å²) in [5, 5.41) is 14.7. The van der Waals surface area contributed by atoms with Crippen molar-refractivity contribution in [2.45, 2.75) is 121 Å². The number of fused-ring (bicyclic) bond motifs is 3. The molecule has 2 N–H and O–H groups in total. The van der Waals surface area contributed by atoms with E-state index in [2.05, 4.69) is 63.2 Å². The van der Waals surface area contributed by atoms with Crippen molar-refractivity contribution < 1.29 is 32.9 Å². The van der Waals surface area contributed by atoms with Gasteiger partial charge >= 0.3 is 12.1 Å². The minimum atomic E-state index is -2.30. The maximum absolute atomic E-state index is 17.6. The number of aromatic nitrogens is 3. The lowest BCUT2D eigenvalue weighted by molar-refractivity contribution is 0.0512. The maximum Gasteiger partial charge on any atom is 0.407 e. The first-order valence-electron chi connectivity index (χ1n) is 21.5. The number of hydrogen-bond donors (Lipinski definition) is 2. The van der Waals surface area contributed by atoms with Crippen molar-refractivity contribution in [3.8, 4) is 34.5 Å². The smallest absolute Gasteiger partial charge is 0.407 e. The fourth-order valence-electron chi connectivity index (χ4n) is 10.7. The second-order valence-corrected chi connectivity index (χ2v) is 23.6. The molecule has 4 heterocycles. The Hall–Kier alpha value is -4.58. The van der Waals surface area contributed by atoms with Crippen LogP contribution in [-0.2, 0) is 4.74 Å². The summed E-state index contributed by atoms with van der Waals surface area (Å²) in [5.74, 6) is 2.76. The van der Waals surface area contributed by atoms with E-state index in [1.165, 1.54) is 24.3 Å². The van der Waals surface area contributed by atoms with Crippen LogP contribution in [0.4, 0.5) is 19.4 Å². The van der Waals surface area contributed by atoms with Crippen molar-refractivity contribution in [2.75, 3.05) is 52.5 Å². The van der Waals surface area contributed by atoms with Gasteiger partial charge in [0.1, 0.15) is 43.3 Å². The Kier molecular flexibility index (Phi) is 12.6. The monoisotopic (exact) mass is 842 g/mol. The number of amides is 1. The van der Waals surface area contributed by atoms with Crippen LogP contribution in [0.5, 0.6) is 11.8 Å². The fourth-order valence-corrected chi connectivity index (χ4v) is 15.9. The van der Waals surface area contributed by atoms with Gasteiger partial charge in [-0.2, -0.15) is 9.97 Å². The van der Waals surface area contributed by atoms with E-state index in [-0.39, 0.29) is 41.7 Å². The zero-order valence-corrected chi connectivity index (χ0v) is 37.4. The van der Waals surface area contributed by atoms with Gasteiger partial charge in [0.25, 0.3) is 0 Å². The van der Waals surface area contributed by atoms with E-state index in [0.29, 0.717) is 69.4 Å². The van der Waals surface area contributed by atoms with Gasteiger partial charge in [0.15, 0.2) is 12.6 Å². The molecule has 0 radical (unpaired) electrons. The first-order valence-corrected chi connectivity index (χ1v) is 23.8. The van der Waals surface area contributed by atoms with Gasteiger partial charge in [-0.25, -0.2) is 13.6 Å². The molecule has 3 fully saturated rings. The molecule has 2 aromatic carbocycles. The number of ether oxygens (including phenoxy) is 3. The fraction of sp³-hybridized carbons (Fsp3) is 0.565. The van der Waals surface area contributed by atoms with Crippen LogP contribution in [0.1, 0.15) is 98.5 Å². The van der Waals surface area contributed by atoms with E-state index in [9.17, 15) is 9.90 Å². The van der Waals surface area contributed by atoms with Gasteiger partial charge in [-0.05, 0) is 91.8 Å². The number of anilines is 1. The number of benzene rings is 2. The number of halogens is 2. The molecule has 14 heteroatoms. The van der Waals surface area contributed by atoms with Crippen molar-refractivity contribution in [1.82, 2.24) is 24.8 Å². The van der Waals surface area contributed by atoms with Crippen LogP contribution in [0.15, 0.2) is 30.5 Å². The predicted molar refractivity (Wildman–Crippen MR) is 234 cm³/mol. The zero-order valence-electron chi connectivity index (χ0n) is 36.4. The summed E-state index contributed by atoms with van der Waals surface area (Å²) in [6, 6.07) is 6.48. The molecule has 4 aromatic rings. The van der Waals surface area contributed by atoms with Crippen molar-refractivity contribution in [3.63, 3.8) is 0 Å². The number of carboxylic acid groups (broad SMARTS) is 1. The quantitative estimate of drug-likeness (QED) is 0.0721. The number of pyridine rings is 1. The Morgan fingerprint density at radius 2 is 1.67 bits per heavy atom. The molecule has 11 nitrogen and oxygen atoms in total. The van der Waals surface area contributed by atoms with Crippen molar-refractivity contribution >= 4 is 41.7 Å². The maximum atomic E-state index is 17.6. The van der Waals surface area contributed by atoms with E-state index in [4.69, 9.17) is 29.2 Å². The highest BCUT2D eigenvalue weighted by molar-refractivity contribution is 6.90. The molecule has 1 amide bonds. The average molecular weight is 843 g/mol. The SMILES string of the molecule is COCOc1cc(-c2ncc3c(NCC4(N(C)C(=O)O)CCCC4)nc(OCC45CCCN4CCC5)nc3c2F)c2c(C#C[Si](C(C)C)(C(C)C)C(C)C)c(F)ccc2c1. The molecule has 60 heavy (non-hydrogen) atoms. The molecule has 322 valence electrons. The summed E-state index contributed by atoms with van der Waals surface area (Å²) >= 11 is 0. The van der Waals surface area contributed by atoms with E-state index in [0.717, 1.165) is 51.6 Å².